The normalized spacial score (nSPS) is 11.7. The highest BCUT2D eigenvalue weighted by atomic mass is 32.2. The number of rotatable bonds is 8. The number of aromatic nitrogens is 3. The molecule has 0 fully saturated rings. The summed E-state index contributed by atoms with van der Waals surface area (Å²) in [6.07, 6.45) is -4.48. The van der Waals surface area contributed by atoms with Gasteiger partial charge in [0.25, 0.3) is 0 Å². The first-order valence-corrected chi connectivity index (χ1v) is 14.7. The number of halogens is 4. The molecule has 3 aromatic carbocycles. The van der Waals surface area contributed by atoms with E-state index in [0.29, 0.717) is 49.2 Å². The van der Waals surface area contributed by atoms with Crippen LogP contribution in [0.15, 0.2) is 70.9 Å². The van der Waals surface area contributed by atoms with Gasteiger partial charge in [-0.3, -0.25) is 0 Å². The molecule has 0 spiro atoms. The first-order valence-electron chi connectivity index (χ1n) is 13.0. The monoisotopic (exact) mass is 627 g/mol. The molecule has 0 atom stereocenters. The summed E-state index contributed by atoms with van der Waals surface area (Å²) in [5, 5.41) is 15.4. The number of carboxylic acid groups (broad SMARTS) is 1. The Kier molecular flexibility index (Phi) is 8.35. The summed E-state index contributed by atoms with van der Waals surface area (Å²) in [5.41, 5.74) is 2.40. The van der Waals surface area contributed by atoms with Gasteiger partial charge in [0.05, 0.1) is 28.3 Å². The zero-order valence-corrected chi connectivity index (χ0v) is 25.0. The lowest BCUT2D eigenvalue weighted by Crippen LogP contribution is -2.09. The number of benzene rings is 3. The Morgan fingerprint density at radius 1 is 1.00 bits per heavy atom. The fourth-order valence-corrected chi connectivity index (χ4v) is 7.17. The van der Waals surface area contributed by atoms with Crippen molar-refractivity contribution < 1.29 is 32.2 Å². The van der Waals surface area contributed by atoms with E-state index in [1.54, 1.807) is 37.3 Å². The van der Waals surface area contributed by atoms with Crippen LogP contribution in [0.25, 0.3) is 38.6 Å². The molecule has 5 aromatic rings. The van der Waals surface area contributed by atoms with Crippen LogP contribution >= 0.6 is 23.1 Å². The molecule has 2 aromatic heterocycles. The van der Waals surface area contributed by atoms with E-state index in [1.807, 2.05) is 13.8 Å². The van der Waals surface area contributed by atoms with Crippen molar-refractivity contribution in [2.24, 2.45) is 0 Å². The number of thiazole rings is 1. The molecule has 0 saturated heterocycles. The molecule has 0 aliphatic rings. The predicted octanol–water partition coefficient (Wildman–Crippen LogP) is 9.00. The number of hydrogen-bond acceptors (Lipinski definition) is 6. The molecule has 0 aliphatic heterocycles. The summed E-state index contributed by atoms with van der Waals surface area (Å²) in [5.74, 6) is -1.21. The number of nitrogens with zero attached hydrogens (tertiary/aromatic N) is 3. The molecule has 222 valence electrons. The third kappa shape index (κ3) is 6.02. The third-order valence-electron chi connectivity index (χ3n) is 6.51. The Labute approximate surface area is 253 Å². The van der Waals surface area contributed by atoms with Crippen LogP contribution < -0.4 is 4.74 Å². The van der Waals surface area contributed by atoms with Gasteiger partial charge >= 0.3 is 12.1 Å². The summed E-state index contributed by atoms with van der Waals surface area (Å²) in [4.78, 5) is 17.5. The maximum Gasteiger partial charge on any atom is 0.416 e. The predicted molar refractivity (Wildman–Crippen MR) is 160 cm³/mol. The summed E-state index contributed by atoms with van der Waals surface area (Å²) in [7, 11) is 1.49. The first-order chi connectivity index (χ1) is 20.4. The SMILES string of the molecule is COc1cccc(-c2c(C)nn(-c3nc(-c4ccc(C(F)(F)F)cc4)c(SC(C)C)s3)c2C(=O)O)c1-c1ccc(F)cc1. The van der Waals surface area contributed by atoms with Crippen LogP contribution in [0.1, 0.15) is 35.6 Å². The zero-order valence-electron chi connectivity index (χ0n) is 23.4. The van der Waals surface area contributed by atoms with Gasteiger partial charge in [-0.25, -0.2) is 14.2 Å². The number of carboxylic acids is 1. The second-order valence-electron chi connectivity index (χ2n) is 9.79. The number of aryl methyl sites for hydroxylation is 1. The molecule has 6 nitrogen and oxygen atoms in total. The number of ether oxygens (including phenoxy) is 1. The van der Waals surface area contributed by atoms with Crippen LogP contribution in [0.4, 0.5) is 17.6 Å². The van der Waals surface area contributed by atoms with E-state index < -0.39 is 23.5 Å². The Hall–Kier alpha value is -4.16. The minimum absolute atomic E-state index is 0.116. The highest BCUT2D eigenvalue weighted by molar-refractivity contribution is 8.01. The molecule has 5 rings (SSSR count). The van der Waals surface area contributed by atoms with Crippen molar-refractivity contribution in [3.63, 3.8) is 0 Å². The Morgan fingerprint density at radius 3 is 2.23 bits per heavy atom. The average Bonchev–Trinajstić information content (AvgIpc) is 3.53. The van der Waals surface area contributed by atoms with Crippen LogP contribution in [0.5, 0.6) is 5.75 Å². The lowest BCUT2D eigenvalue weighted by Gasteiger charge is -2.15. The number of aromatic carboxylic acids is 1. The van der Waals surface area contributed by atoms with Crippen molar-refractivity contribution in [2.45, 2.75) is 36.4 Å². The molecular formula is C31H25F4N3O3S2. The number of carbonyl (C=O) groups is 1. The highest BCUT2D eigenvalue weighted by Crippen LogP contribution is 2.44. The third-order valence-corrected chi connectivity index (χ3v) is 8.75. The quantitative estimate of drug-likeness (QED) is 0.137. The number of methoxy groups -OCH3 is 1. The molecule has 0 amide bonds. The van der Waals surface area contributed by atoms with Gasteiger partial charge in [-0.15, -0.1) is 11.8 Å². The summed E-state index contributed by atoms with van der Waals surface area (Å²) >= 11 is 2.68. The van der Waals surface area contributed by atoms with Crippen molar-refractivity contribution in [3.05, 3.63) is 89.5 Å². The van der Waals surface area contributed by atoms with Gasteiger partial charge in [0.15, 0.2) is 5.69 Å². The van der Waals surface area contributed by atoms with E-state index in [9.17, 15) is 27.5 Å². The van der Waals surface area contributed by atoms with Gasteiger partial charge in [0.2, 0.25) is 5.13 Å². The average molecular weight is 628 g/mol. The Morgan fingerprint density at radius 2 is 1.65 bits per heavy atom. The van der Waals surface area contributed by atoms with Crippen molar-refractivity contribution >= 4 is 29.1 Å². The highest BCUT2D eigenvalue weighted by Gasteiger charge is 2.31. The van der Waals surface area contributed by atoms with Gasteiger partial charge < -0.3 is 9.84 Å². The van der Waals surface area contributed by atoms with Crippen LogP contribution in [-0.2, 0) is 6.18 Å². The molecule has 1 N–H and O–H groups in total. The summed E-state index contributed by atoms with van der Waals surface area (Å²) < 4.78 is 60.9. The second kappa shape index (κ2) is 11.8. The summed E-state index contributed by atoms with van der Waals surface area (Å²) in [6.45, 7) is 5.62. The van der Waals surface area contributed by atoms with Gasteiger partial charge in [0, 0.05) is 21.9 Å². The van der Waals surface area contributed by atoms with E-state index >= 15 is 0 Å². The summed E-state index contributed by atoms with van der Waals surface area (Å²) in [6, 6.07) is 15.7. The maximum atomic E-state index is 13.8. The van der Waals surface area contributed by atoms with Crippen molar-refractivity contribution in [1.29, 1.82) is 0 Å². The fraction of sp³-hybridized carbons (Fsp3) is 0.194. The van der Waals surface area contributed by atoms with Crippen molar-refractivity contribution in [2.75, 3.05) is 7.11 Å². The molecule has 0 bridgehead atoms. The number of alkyl halides is 3. The molecular weight excluding hydrogens is 602 g/mol. The van der Waals surface area contributed by atoms with Crippen molar-refractivity contribution in [1.82, 2.24) is 14.8 Å². The van der Waals surface area contributed by atoms with Gasteiger partial charge in [-0.05, 0) is 48.4 Å². The minimum Gasteiger partial charge on any atom is -0.496 e. The van der Waals surface area contributed by atoms with E-state index in [0.717, 1.165) is 12.1 Å². The van der Waals surface area contributed by atoms with Crippen LogP contribution in [-0.4, -0.2) is 38.2 Å². The smallest absolute Gasteiger partial charge is 0.416 e. The lowest BCUT2D eigenvalue weighted by molar-refractivity contribution is -0.137. The molecule has 2 heterocycles. The number of hydrogen-bond donors (Lipinski definition) is 1. The van der Waals surface area contributed by atoms with E-state index in [2.05, 4.69) is 5.10 Å². The molecule has 0 unspecified atom stereocenters. The zero-order chi connectivity index (χ0) is 31.1. The van der Waals surface area contributed by atoms with E-state index in [4.69, 9.17) is 9.72 Å². The van der Waals surface area contributed by atoms with E-state index in [1.165, 1.54) is 59.2 Å². The lowest BCUT2D eigenvalue weighted by atomic mass is 9.92. The second-order valence-corrected chi connectivity index (χ2v) is 12.6. The van der Waals surface area contributed by atoms with Gasteiger partial charge in [0.1, 0.15) is 11.6 Å². The molecule has 43 heavy (non-hydrogen) atoms. The standard InChI is InChI=1S/C31H25F4N3O3S2/c1-16(2)42-29-26(19-8-12-20(13-9-19)31(33,34)35)36-30(43-29)38-27(28(39)40)24(17(3)37-38)22-6-5-7-23(41-4)25(22)18-10-14-21(32)15-11-18/h5-16H,1-4H3,(H,39,40). The first kappa shape index (κ1) is 30.3. The fourth-order valence-electron chi connectivity index (χ4n) is 4.69. The number of thioether (sulfide) groups is 1. The minimum atomic E-state index is -4.48. The van der Waals surface area contributed by atoms with Crippen LogP contribution in [0.2, 0.25) is 0 Å². The topological polar surface area (TPSA) is 77.2 Å². The van der Waals surface area contributed by atoms with E-state index in [-0.39, 0.29) is 16.1 Å². The maximum absolute atomic E-state index is 13.8. The molecule has 12 heteroatoms. The molecule has 0 radical (unpaired) electrons. The largest absolute Gasteiger partial charge is 0.496 e. The van der Waals surface area contributed by atoms with Gasteiger partial charge in [-0.2, -0.15) is 23.0 Å². The Bertz CT molecular complexity index is 1800. The molecule has 0 saturated carbocycles. The molecule has 0 aliphatic carbocycles. The van der Waals surface area contributed by atoms with Gasteiger partial charge in [-0.1, -0.05) is 61.6 Å². The van der Waals surface area contributed by atoms with Crippen LogP contribution in [0.3, 0.4) is 0 Å². The van der Waals surface area contributed by atoms with Crippen LogP contribution in [0, 0.1) is 12.7 Å². The van der Waals surface area contributed by atoms with Crippen molar-refractivity contribution in [3.8, 4) is 44.4 Å². The Balaban J connectivity index is 1.71.